The SMILES string of the molecule is Cc1ccc2nc(SCC(=O)N3c4ccccc4Sc4ccccc43)nc(C)c2c1. The zero-order valence-electron chi connectivity index (χ0n) is 16.6. The van der Waals surface area contributed by atoms with Gasteiger partial charge in [0.2, 0.25) is 5.91 Å². The molecule has 0 unspecified atom stereocenters. The van der Waals surface area contributed by atoms with E-state index >= 15 is 0 Å². The molecule has 4 nitrogen and oxygen atoms in total. The number of amides is 1. The molecule has 0 bridgehead atoms. The van der Waals surface area contributed by atoms with Gasteiger partial charge in [-0.2, -0.15) is 0 Å². The number of para-hydroxylation sites is 2. The molecule has 0 atom stereocenters. The van der Waals surface area contributed by atoms with Gasteiger partial charge in [0, 0.05) is 20.9 Å². The number of anilines is 2. The standard InChI is InChI=1S/C24H19N3OS2/c1-15-11-12-18-17(13-15)16(2)25-24(26-18)29-14-23(28)27-19-7-3-5-9-21(19)30-22-10-6-4-8-20(22)27/h3-13H,14H2,1-2H3. The van der Waals surface area contributed by atoms with Crippen molar-refractivity contribution < 1.29 is 4.79 Å². The summed E-state index contributed by atoms with van der Waals surface area (Å²) in [5, 5.41) is 1.69. The fourth-order valence-electron chi connectivity index (χ4n) is 3.60. The van der Waals surface area contributed by atoms with Gasteiger partial charge < -0.3 is 0 Å². The number of nitrogens with zero attached hydrogens (tertiary/aromatic N) is 3. The summed E-state index contributed by atoms with van der Waals surface area (Å²) in [6.07, 6.45) is 0. The van der Waals surface area contributed by atoms with Crippen LogP contribution in [0, 0.1) is 13.8 Å². The van der Waals surface area contributed by atoms with Crippen LogP contribution in [0.5, 0.6) is 0 Å². The first-order valence-corrected chi connectivity index (χ1v) is 11.5. The number of fused-ring (bicyclic) bond motifs is 3. The van der Waals surface area contributed by atoms with Crippen LogP contribution in [0.25, 0.3) is 10.9 Å². The van der Waals surface area contributed by atoms with Crippen LogP contribution in [0.3, 0.4) is 0 Å². The summed E-state index contributed by atoms with van der Waals surface area (Å²) in [6.45, 7) is 4.05. The van der Waals surface area contributed by atoms with Crippen molar-refractivity contribution in [2.75, 3.05) is 10.7 Å². The normalized spacial score (nSPS) is 12.5. The maximum absolute atomic E-state index is 13.3. The first-order valence-electron chi connectivity index (χ1n) is 9.67. The maximum Gasteiger partial charge on any atom is 0.242 e. The van der Waals surface area contributed by atoms with Crippen molar-refractivity contribution in [3.05, 3.63) is 78.0 Å². The van der Waals surface area contributed by atoms with Gasteiger partial charge in [-0.05, 0) is 50.2 Å². The Balaban J connectivity index is 1.44. The molecule has 0 fully saturated rings. The monoisotopic (exact) mass is 429 g/mol. The van der Waals surface area contributed by atoms with Crippen LogP contribution in [0.2, 0.25) is 0 Å². The van der Waals surface area contributed by atoms with Crippen molar-refractivity contribution in [3.63, 3.8) is 0 Å². The van der Waals surface area contributed by atoms with Crippen LogP contribution in [0.4, 0.5) is 11.4 Å². The van der Waals surface area contributed by atoms with Gasteiger partial charge in [0.05, 0.1) is 22.6 Å². The highest BCUT2D eigenvalue weighted by Crippen LogP contribution is 2.48. The number of thioether (sulfide) groups is 1. The van der Waals surface area contributed by atoms with Gasteiger partial charge in [-0.1, -0.05) is 59.4 Å². The predicted molar refractivity (Wildman–Crippen MR) is 124 cm³/mol. The Kier molecular flexibility index (Phi) is 4.97. The molecule has 0 spiro atoms. The minimum atomic E-state index is 0.0189. The molecule has 6 heteroatoms. The van der Waals surface area contributed by atoms with Gasteiger partial charge in [0.1, 0.15) is 0 Å². The lowest BCUT2D eigenvalue weighted by atomic mass is 10.1. The molecule has 0 saturated heterocycles. The molecular formula is C24H19N3OS2. The van der Waals surface area contributed by atoms with Crippen LogP contribution < -0.4 is 4.90 Å². The van der Waals surface area contributed by atoms with Crippen LogP contribution in [0.1, 0.15) is 11.3 Å². The number of rotatable bonds is 3. The number of aromatic nitrogens is 2. The van der Waals surface area contributed by atoms with E-state index in [-0.39, 0.29) is 11.7 Å². The maximum atomic E-state index is 13.3. The molecular weight excluding hydrogens is 410 g/mol. The molecule has 1 aromatic heterocycles. The lowest BCUT2D eigenvalue weighted by Gasteiger charge is -2.30. The van der Waals surface area contributed by atoms with Crippen molar-refractivity contribution in [2.24, 2.45) is 0 Å². The van der Waals surface area contributed by atoms with Crippen LogP contribution in [0.15, 0.2) is 81.7 Å². The van der Waals surface area contributed by atoms with Crippen LogP contribution in [-0.4, -0.2) is 21.6 Å². The van der Waals surface area contributed by atoms with E-state index in [1.807, 2.05) is 60.4 Å². The molecule has 0 saturated carbocycles. The average molecular weight is 430 g/mol. The summed E-state index contributed by atoms with van der Waals surface area (Å²) in [5.41, 5.74) is 4.89. The third-order valence-electron chi connectivity index (χ3n) is 5.03. The topological polar surface area (TPSA) is 46.1 Å². The molecule has 0 aliphatic carbocycles. The van der Waals surface area contributed by atoms with Crippen molar-refractivity contribution in [1.29, 1.82) is 0 Å². The summed E-state index contributed by atoms with van der Waals surface area (Å²) in [6, 6.07) is 22.2. The number of carbonyl (C=O) groups is 1. The summed E-state index contributed by atoms with van der Waals surface area (Å²) >= 11 is 3.08. The highest BCUT2D eigenvalue weighted by Gasteiger charge is 2.27. The van der Waals surface area contributed by atoms with E-state index < -0.39 is 0 Å². The van der Waals surface area contributed by atoms with E-state index in [9.17, 15) is 4.79 Å². The minimum Gasteiger partial charge on any atom is -0.278 e. The van der Waals surface area contributed by atoms with Gasteiger partial charge in [0.25, 0.3) is 0 Å². The van der Waals surface area contributed by atoms with Gasteiger partial charge >= 0.3 is 0 Å². The number of benzene rings is 3. The molecule has 1 aliphatic heterocycles. The Labute approximate surface area is 183 Å². The Hall–Kier alpha value is -2.83. The number of hydrogen-bond donors (Lipinski definition) is 0. The summed E-state index contributed by atoms with van der Waals surface area (Å²) in [5.74, 6) is 0.287. The van der Waals surface area contributed by atoms with Crippen molar-refractivity contribution in [2.45, 2.75) is 28.8 Å². The molecule has 4 aromatic rings. The van der Waals surface area contributed by atoms with E-state index in [4.69, 9.17) is 0 Å². The zero-order valence-corrected chi connectivity index (χ0v) is 18.3. The quantitative estimate of drug-likeness (QED) is 0.288. The molecule has 0 radical (unpaired) electrons. The van der Waals surface area contributed by atoms with Crippen molar-refractivity contribution in [1.82, 2.24) is 9.97 Å². The molecule has 148 valence electrons. The highest BCUT2D eigenvalue weighted by molar-refractivity contribution is 8.00. The molecule has 30 heavy (non-hydrogen) atoms. The Morgan fingerprint density at radius 1 is 0.933 bits per heavy atom. The van der Waals surface area contributed by atoms with E-state index in [1.54, 1.807) is 11.8 Å². The second kappa shape index (κ2) is 7.78. The smallest absolute Gasteiger partial charge is 0.242 e. The number of aryl methyl sites for hydroxylation is 2. The third kappa shape index (κ3) is 3.46. The predicted octanol–water partition coefficient (Wildman–Crippen LogP) is 6.17. The van der Waals surface area contributed by atoms with Gasteiger partial charge in [-0.3, -0.25) is 9.69 Å². The minimum absolute atomic E-state index is 0.0189. The van der Waals surface area contributed by atoms with E-state index in [0.717, 1.165) is 37.8 Å². The van der Waals surface area contributed by atoms with Gasteiger partial charge in [-0.15, -0.1) is 0 Å². The first-order chi connectivity index (χ1) is 14.6. The number of hydrogen-bond acceptors (Lipinski definition) is 5. The second-order valence-corrected chi connectivity index (χ2v) is 9.19. The van der Waals surface area contributed by atoms with Crippen LogP contribution >= 0.6 is 23.5 Å². The molecule has 1 aliphatic rings. The summed E-state index contributed by atoms with van der Waals surface area (Å²) in [7, 11) is 0. The van der Waals surface area contributed by atoms with Gasteiger partial charge in [-0.25, -0.2) is 9.97 Å². The van der Waals surface area contributed by atoms with Crippen molar-refractivity contribution >= 4 is 51.7 Å². The summed E-state index contributed by atoms with van der Waals surface area (Å²) in [4.78, 5) is 26.6. The third-order valence-corrected chi connectivity index (χ3v) is 6.99. The van der Waals surface area contributed by atoms with E-state index in [2.05, 4.69) is 35.1 Å². The summed E-state index contributed by atoms with van der Waals surface area (Å²) < 4.78 is 0. The lowest BCUT2D eigenvalue weighted by Crippen LogP contribution is -2.30. The fraction of sp³-hybridized carbons (Fsp3) is 0.125. The highest BCUT2D eigenvalue weighted by atomic mass is 32.2. The van der Waals surface area contributed by atoms with Crippen molar-refractivity contribution in [3.8, 4) is 0 Å². The first kappa shape index (κ1) is 19.2. The molecule has 1 amide bonds. The fourth-order valence-corrected chi connectivity index (χ4v) is 5.40. The number of carbonyl (C=O) groups excluding carboxylic acids is 1. The average Bonchev–Trinajstić information content (AvgIpc) is 2.76. The Bertz CT molecular complexity index is 1240. The van der Waals surface area contributed by atoms with E-state index in [1.165, 1.54) is 17.3 Å². The lowest BCUT2D eigenvalue weighted by molar-refractivity contribution is -0.115. The zero-order chi connectivity index (χ0) is 20.7. The van der Waals surface area contributed by atoms with E-state index in [0.29, 0.717) is 5.16 Å². The molecule has 2 heterocycles. The Morgan fingerprint density at radius 3 is 2.30 bits per heavy atom. The second-order valence-electron chi connectivity index (χ2n) is 7.17. The Morgan fingerprint density at radius 2 is 1.60 bits per heavy atom. The van der Waals surface area contributed by atoms with Crippen LogP contribution in [-0.2, 0) is 4.79 Å². The molecule has 3 aromatic carbocycles. The molecule has 0 N–H and O–H groups in total. The largest absolute Gasteiger partial charge is 0.278 e. The molecule has 5 rings (SSSR count). The van der Waals surface area contributed by atoms with Gasteiger partial charge in [0.15, 0.2) is 5.16 Å².